The largest absolute Gasteiger partial charge is 0.462 e. The zero-order valence-electron chi connectivity index (χ0n) is 12.3. The number of hydrogen-bond donors (Lipinski definition) is 1. The molecule has 0 aromatic heterocycles. The second-order valence-corrected chi connectivity index (χ2v) is 8.47. The Morgan fingerprint density at radius 2 is 1.86 bits per heavy atom. The molecule has 3 unspecified atom stereocenters. The van der Waals surface area contributed by atoms with Crippen LogP contribution in [0.2, 0.25) is 0 Å². The minimum Gasteiger partial charge on any atom is -0.462 e. The van der Waals surface area contributed by atoms with Gasteiger partial charge in [-0.15, -0.1) is 0 Å². The predicted molar refractivity (Wildman–Crippen MR) is 79.0 cm³/mol. The lowest BCUT2D eigenvalue weighted by Gasteiger charge is -2.29. The van der Waals surface area contributed by atoms with E-state index in [1.54, 1.807) is 0 Å². The van der Waals surface area contributed by atoms with Crippen LogP contribution in [0.4, 0.5) is 0 Å². The van der Waals surface area contributed by atoms with Crippen LogP contribution in [0.3, 0.4) is 0 Å². The second-order valence-electron chi connectivity index (χ2n) is 6.69. The van der Waals surface area contributed by atoms with Crippen molar-refractivity contribution in [2.75, 3.05) is 6.26 Å². The summed E-state index contributed by atoms with van der Waals surface area (Å²) in [6, 6.07) is -0.0135. The molecule has 0 amide bonds. The lowest BCUT2D eigenvalue weighted by molar-refractivity contribution is -0.156. The number of sulfonamides is 1. The lowest BCUT2D eigenvalue weighted by Crippen LogP contribution is -2.39. The van der Waals surface area contributed by atoms with E-state index in [2.05, 4.69) is 16.9 Å². The van der Waals surface area contributed by atoms with Gasteiger partial charge in [-0.2, -0.15) is 0 Å². The van der Waals surface area contributed by atoms with Crippen LogP contribution in [-0.4, -0.2) is 32.8 Å². The van der Waals surface area contributed by atoms with Crippen molar-refractivity contribution in [2.24, 2.45) is 17.8 Å². The molecular formula is C15H23NO4S. The van der Waals surface area contributed by atoms with E-state index in [4.69, 9.17) is 4.74 Å². The Kier molecular flexibility index (Phi) is 4.10. The summed E-state index contributed by atoms with van der Waals surface area (Å²) >= 11 is 0. The molecular weight excluding hydrogens is 290 g/mol. The highest BCUT2D eigenvalue weighted by atomic mass is 32.2. The van der Waals surface area contributed by atoms with Crippen molar-refractivity contribution in [3.63, 3.8) is 0 Å². The van der Waals surface area contributed by atoms with Crippen molar-refractivity contribution in [1.82, 2.24) is 4.72 Å². The predicted octanol–water partition coefficient (Wildman–Crippen LogP) is 1.60. The Morgan fingerprint density at radius 1 is 1.14 bits per heavy atom. The molecule has 0 spiro atoms. The second kappa shape index (κ2) is 5.72. The van der Waals surface area contributed by atoms with Gasteiger partial charge in [-0.25, -0.2) is 13.1 Å². The Hall–Kier alpha value is -0.880. The first-order valence-corrected chi connectivity index (χ1v) is 9.66. The average molecular weight is 313 g/mol. The molecule has 3 rings (SSSR count). The molecule has 0 aliphatic heterocycles. The van der Waals surface area contributed by atoms with E-state index in [0.717, 1.165) is 38.5 Å². The number of ether oxygens (including phenoxy) is 1. The van der Waals surface area contributed by atoms with Crippen molar-refractivity contribution in [1.29, 1.82) is 0 Å². The van der Waals surface area contributed by atoms with Gasteiger partial charge in [0.05, 0.1) is 12.2 Å². The van der Waals surface area contributed by atoms with Gasteiger partial charge in [0, 0.05) is 6.04 Å². The van der Waals surface area contributed by atoms with E-state index in [9.17, 15) is 13.2 Å². The molecule has 0 saturated heterocycles. The SMILES string of the molecule is CS(=O)(=O)NC1CCC(OC(=O)C2CC3C=CC2C3)CC1. The zero-order chi connectivity index (χ0) is 15.0. The number of carbonyl (C=O) groups is 1. The van der Waals surface area contributed by atoms with Crippen LogP contribution < -0.4 is 4.72 Å². The van der Waals surface area contributed by atoms with Crippen LogP contribution in [0, 0.1) is 17.8 Å². The number of esters is 1. The molecule has 5 nitrogen and oxygen atoms in total. The Morgan fingerprint density at radius 3 is 2.38 bits per heavy atom. The normalized spacial score (nSPS) is 38.6. The molecule has 118 valence electrons. The van der Waals surface area contributed by atoms with E-state index in [1.165, 1.54) is 6.26 Å². The van der Waals surface area contributed by atoms with Crippen molar-refractivity contribution < 1.29 is 17.9 Å². The molecule has 3 aliphatic rings. The van der Waals surface area contributed by atoms with Crippen LogP contribution in [0.1, 0.15) is 38.5 Å². The van der Waals surface area contributed by atoms with Crippen molar-refractivity contribution in [3.05, 3.63) is 12.2 Å². The minimum absolute atomic E-state index is 0.0135. The molecule has 3 atom stereocenters. The van der Waals surface area contributed by atoms with Gasteiger partial charge in [0.25, 0.3) is 0 Å². The smallest absolute Gasteiger partial charge is 0.309 e. The highest BCUT2D eigenvalue weighted by Crippen LogP contribution is 2.44. The van der Waals surface area contributed by atoms with Gasteiger partial charge in [0.1, 0.15) is 6.10 Å². The van der Waals surface area contributed by atoms with E-state index >= 15 is 0 Å². The fraction of sp³-hybridized carbons (Fsp3) is 0.800. The first-order chi connectivity index (χ1) is 9.90. The molecule has 0 radical (unpaired) electrons. The molecule has 2 bridgehead atoms. The minimum atomic E-state index is -3.15. The summed E-state index contributed by atoms with van der Waals surface area (Å²) < 4.78 is 30.7. The summed E-state index contributed by atoms with van der Waals surface area (Å²) in [5.74, 6) is 0.950. The monoisotopic (exact) mass is 313 g/mol. The molecule has 0 aromatic rings. The van der Waals surface area contributed by atoms with Gasteiger partial charge in [-0.05, 0) is 50.4 Å². The third kappa shape index (κ3) is 3.66. The van der Waals surface area contributed by atoms with E-state index in [-0.39, 0.29) is 24.0 Å². The Balaban J connectivity index is 1.45. The van der Waals surface area contributed by atoms with Gasteiger partial charge in [0.2, 0.25) is 10.0 Å². The highest BCUT2D eigenvalue weighted by Gasteiger charge is 2.41. The Labute approximate surface area is 126 Å². The van der Waals surface area contributed by atoms with Crippen molar-refractivity contribution in [2.45, 2.75) is 50.7 Å². The molecule has 6 heteroatoms. The Bertz CT molecular complexity index is 534. The quantitative estimate of drug-likeness (QED) is 0.632. The average Bonchev–Trinajstić information content (AvgIpc) is 3.01. The van der Waals surface area contributed by atoms with Gasteiger partial charge >= 0.3 is 5.97 Å². The van der Waals surface area contributed by atoms with Crippen LogP contribution in [0.5, 0.6) is 0 Å². The third-order valence-electron chi connectivity index (χ3n) is 4.92. The summed E-state index contributed by atoms with van der Waals surface area (Å²) in [5, 5.41) is 0. The maximum atomic E-state index is 12.2. The molecule has 2 fully saturated rings. The fourth-order valence-corrected chi connectivity index (χ4v) is 4.75. The molecule has 1 N–H and O–H groups in total. The fourth-order valence-electron chi connectivity index (χ4n) is 3.90. The molecule has 0 heterocycles. The summed E-state index contributed by atoms with van der Waals surface area (Å²) in [5.41, 5.74) is 0. The number of allylic oxidation sites excluding steroid dienone is 2. The zero-order valence-corrected chi connectivity index (χ0v) is 13.1. The third-order valence-corrected chi connectivity index (χ3v) is 5.68. The first-order valence-electron chi connectivity index (χ1n) is 7.77. The molecule has 0 aromatic carbocycles. The summed E-state index contributed by atoms with van der Waals surface area (Å²) in [6.07, 6.45) is 10.5. The van der Waals surface area contributed by atoms with Gasteiger partial charge in [-0.1, -0.05) is 12.2 Å². The first kappa shape index (κ1) is 15.0. The number of hydrogen-bond acceptors (Lipinski definition) is 4. The van der Waals surface area contributed by atoms with E-state index in [0.29, 0.717) is 11.8 Å². The molecule has 2 saturated carbocycles. The summed E-state index contributed by atoms with van der Waals surface area (Å²) in [7, 11) is -3.15. The number of carbonyl (C=O) groups excluding carboxylic acids is 1. The maximum absolute atomic E-state index is 12.2. The van der Waals surface area contributed by atoms with Crippen molar-refractivity contribution >= 4 is 16.0 Å². The lowest BCUT2D eigenvalue weighted by atomic mass is 9.92. The summed E-state index contributed by atoms with van der Waals surface area (Å²) in [6.45, 7) is 0. The van der Waals surface area contributed by atoms with Gasteiger partial charge < -0.3 is 4.74 Å². The van der Waals surface area contributed by atoms with Gasteiger partial charge in [0.15, 0.2) is 0 Å². The van der Waals surface area contributed by atoms with Crippen molar-refractivity contribution in [3.8, 4) is 0 Å². The molecule has 3 aliphatic carbocycles. The van der Waals surface area contributed by atoms with Gasteiger partial charge in [-0.3, -0.25) is 4.79 Å². The van der Waals surface area contributed by atoms with Crippen LogP contribution in [0.15, 0.2) is 12.2 Å². The van der Waals surface area contributed by atoms with Crippen LogP contribution >= 0.6 is 0 Å². The molecule has 21 heavy (non-hydrogen) atoms. The topological polar surface area (TPSA) is 72.5 Å². The van der Waals surface area contributed by atoms with Crippen LogP contribution in [0.25, 0.3) is 0 Å². The van der Waals surface area contributed by atoms with Crippen LogP contribution in [-0.2, 0) is 19.6 Å². The number of rotatable bonds is 4. The number of fused-ring (bicyclic) bond motifs is 2. The number of nitrogens with one attached hydrogen (secondary N) is 1. The van der Waals surface area contributed by atoms with E-state index < -0.39 is 10.0 Å². The summed E-state index contributed by atoms with van der Waals surface area (Å²) in [4.78, 5) is 12.2. The highest BCUT2D eigenvalue weighted by molar-refractivity contribution is 7.88. The standard InChI is InChI=1S/C15H23NO4S/c1-21(18,19)16-12-4-6-13(7-5-12)20-15(17)14-9-10-2-3-11(14)8-10/h2-3,10-14,16H,4-9H2,1H3. The maximum Gasteiger partial charge on any atom is 0.309 e. The van der Waals surface area contributed by atoms with E-state index in [1.807, 2.05) is 0 Å².